The molecular weight excluding hydrogens is 250 g/mol. The topological polar surface area (TPSA) is 59.2 Å². The lowest BCUT2D eigenvalue weighted by molar-refractivity contribution is -0.139. The average molecular weight is 275 g/mol. The Morgan fingerprint density at radius 1 is 1.40 bits per heavy atom. The first-order chi connectivity index (χ1) is 9.59. The maximum absolute atomic E-state index is 12.8. The molecule has 1 aliphatic rings. The van der Waals surface area contributed by atoms with Crippen LogP contribution in [0.25, 0.3) is 0 Å². The Balaban J connectivity index is 2.09. The van der Waals surface area contributed by atoms with E-state index in [0.717, 1.165) is 31.4 Å². The van der Waals surface area contributed by atoms with Gasteiger partial charge in [0.2, 0.25) is 5.91 Å². The fourth-order valence-electron chi connectivity index (χ4n) is 2.86. The van der Waals surface area contributed by atoms with Gasteiger partial charge in [-0.2, -0.15) is 0 Å². The van der Waals surface area contributed by atoms with E-state index in [-0.39, 0.29) is 23.9 Å². The first-order valence-corrected chi connectivity index (χ1v) is 7.55. The van der Waals surface area contributed by atoms with Crippen molar-refractivity contribution < 1.29 is 4.79 Å². The molecule has 2 rings (SSSR count). The molecule has 0 radical (unpaired) electrons. The summed E-state index contributed by atoms with van der Waals surface area (Å²) in [6.07, 6.45) is 5.91. The molecule has 110 valence electrons. The third-order valence-corrected chi connectivity index (χ3v) is 4.10. The number of carbonyl (C=O) groups is 1. The third-order valence-electron chi connectivity index (χ3n) is 4.10. The zero-order valence-corrected chi connectivity index (χ0v) is 12.5. The summed E-state index contributed by atoms with van der Waals surface area (Å²) in [6, 6.07) is 5.99. The number of carbonyl (C=O) groups excluding carboxylic acids is 1. The number of amides is 1. The molecular formula is C16H25N3O. The number of rotatable bonds is 4. The van der Waals surface area contributed by atoms with Crippen molar-refractivity contribution in [1.29, 1.82) is 0 Å². The van der Waals surface area contributed by atoms with Crippen molar-refractivity contribution in [1.82, 2.24) is 9.88 Å². The van der Waals surface area contributed by atoms with Crippen molar-refractivity contribution in [3.05, 3.63) is 30.1 Å². The molecule has 2 N–H and O–H groups in total. The molecule has 1 aromatic heterocycles. The van der Waals surface area contributed by atoms with Gasteiger partial charge in [-0.3, -0.25) is 9.78 Å². The van der Waals surface area contributed by atoms with Gasteiger partial charge in [0.1, 0.15) is 0 Å². The van der Waals surface area contributed by atoms with Gasteiger partial charge < -0.3 is 10.6 Å². The summed E-state index contributed by atoms with van der Waals surface area (Å²) >= 11 is 0. The van der Waals surface area contributed by atoms with E-state index in [1.165, 1.54) is 0 Å². The van der Waals surface area contributed by atoms with Crippen molar-refractivity contribution in [2.75, 3.05) is 0 Å². The number of pyridine rings is 1. The summed E-state index contributed by atoms with van der Waals surface area (Å²) in [5, 5.41) is 0. The molecule has 2 unspecified atom stereocenters. The lowest BCUT2D eigenvalue weighted by Crippen LogP contribution is -2.47. The maximum atomic E-state index is 12.8. The molecule has 1 fully saturated rings. The Labute approximate surface area is 121 Å². The van der Waals surface area contributed by atoms with Crippen LogP contribution in [0.5, 0.6) is 0 Å². The van der Waals surface area contributed by atoms with Crippen LogP contribution in [-0.4, -0.2) is 27.9 Å². The van der Waals surface area contributed by atoms with Crippen LogP contribution >= 0.6 is 0 Å². The second kappa shape index (κ2) is 6.84. The highest BCUT2D eigenvalue weighted by molar-refractivity contribution is 5.80. The predicted molar refractivity (Wildman–Crippen MR) is 79.9 cm³/mol. The van der Waals surface area contributed by atoms with E-state index in [4.69, 9.17) is 5.73 Å². The van der Waals surface area contributed by atoms with Crippen molar-refractivity contribution in [2.45, 2.75) is 58.2 Å². The van der Waals surface area contributed by atoms with Crippen LogP contribution in [0.2, 0.25) is 0 Å². The number of nitrogens with zero attached hydrogens (tertiary/aromatic N) is 2. The second-order valence-corrected chi connectivity index (χ2v) is 5.94. The molecule has 1 saturated carbocycles. The number of aromatic nitrogens is 1. The fourth-order valence-corrected chi connectivity index (χ4v) is 2.86. The normalized spacial score (nSPS) is 22.8. The van der Waals surface area contributed by atoms with Gasteiger partial charge in [-0.05, 0) is 38.8 Å². The zero-order valence-electron chi connectivity index (χ0n) is 12.5. The van der Waals surface area contributed by atoms with Gasteiger partial charge in [0.25, 0.3) is 0 Å². The van der Waals surface area contributed by atoms with Gasteiger partial charge >= 0.3 is 0 Å². The van der Waals surface area contributed by atoms with Crippen LogP contribution in [0, 0.1) is 5.92 Å². The van der Waals surface area contributed by atoms with Crippen LogP contribution in [0.4, 0.5) is 0 Å². The lowest BCUT2D eigenvalue weighted by atomic mass is 9.84. The Hall–Kier alpha value is -1.42. The molecule has 0 aliphatic heterocycles. The van der Waals surface area contributed by atoms with E-state index < -0.39 is 0 Å². The smallest absolute Gasteiger partial charge is 0.227 e. The quantitative estimate of drug-likeness (QED) is 0.917. The zero-order chi connectivity index (χ0) is 14.5. The third kappa shape index (κ3) is 3.57. The summed E-state index contributed by atoms with van der Waals surface area (Å²) in [5.74, 6) is 0.174. The summed E-state index contributed by atoms with van der Waals surface area (Å²) in [5.41, 5.74) is 7.08. The minimum atomic E-state index is -0.0186. The number of hydrogen-bond donors (Lipinski definition) is 1. The molecule has 0 bridgehead atoms. The monoisotopic (exact) mass is 275 g/mol. The molecule has 4 heteroatoms. The highest BCUT2D eigenvalue weighted by atomic mass is 16.2. The molecule has 1 aromatic rings. The standard InChI is InChI=1S/C16H25N3O/c1-12(2)19(11-13-7-5-6-10-18-13)16(20)14-8-3-4-9-15(14)17/h5-7,10,12,14-15H,3-4,8-9,11,17H2,1-2H3. The van der Waals surface area contributed by atoms with Crippen LogP contribution in [0.1, 0.15) is 45.2 Å². The van der Waals surface area contributed by atoms with E-state index in [9.17, 15) is 4.79 Å². The van der Waals surface area contributed by atoms with E-state index in [2.05, 4.69) is 18.8 Å². The summed E-state index contributed by atoms with van der Waals surface area (Å²) in [7, 11) is 0. The van der Waals surface area contributed by atoms with Crippen molar-refractivity contribution in [3.8, 4) is 0 Å². The molecule has 1 amide bonds. The van der Waals surface area contributed by atoms with Crippen molar-refractivity contribution in [3.63, 3.8) is 0 Å². The Bertz CT molecular complexity index is 433. The van der Waals surface area contributed by atoms with Crippen molar-refractivity contribution in [2.24, 2.45) is 11.7 Å². The largest absolute Gasteiger partial charge is 0.334 e. The molecule has 0 spiro atoms. The van der Waals surface area contributed by atoms with Crippen molar-refractivity contribution >= 4 is 5.91 Å². The predicted octanol–water partition coefficient (Wildman–Crippen LogP) is 2.34. The van der Waals surface area contributed by atoms with Crippen LogP contribution in [0.3, 0.4) is 0 Å². The maximum Gasteiger partial charge on any atom is 0.227 e. The van der Waals surface area contributed by atoms with E-state index >= 15 is 0 Å². The summed E-state index contributed by atoms with van der Waals surface area (Å²) < 4.78 is 0. The molecule has 1 aliphatic carbocycles. The summed E-state index contributed by atoms with van der Waals surface area (Å²) in [4.78, 5) is 19.0. The van der Waals surface area contributed by atoms with Gasteiger partial charge in [0.05, 0.1) is 18.2 Å². The first-order valence-electron chi connectivity index (χ1n) is 7.55. The number of nitrogens with two attached hydrogens (primary N) is 1. The van der Waals surface area contributed by atoms with Gasteiger partial charge in [-0.15, -0.1) is 0 Å². The van der Waals surface area contributed by atoms with Gasteiger partial charge in [0, 0.05) is 18.3 Å². The fraction of sp³-hybridized carbons (Fsp3) is 0.625. The van der Waals surface area contributed by atoms with Gasteiger partial charge in [0.15, 0.2) is 0 Å². The number of hydrogen-bond acceptors (Lipinski definition) is 3. The Morgan fingerprint density at radius 3 is 2.75 bits per heavy atom. The Kier molecular flexibility index (Phi) is 5.12. The molecule has 2 atom stereocenters. The van der Waals surface area contributed by atoms with Gasteiger partial charge in [-0.25, -0.2) is 0 Å². The van der Waals surface area contributed by atoms with Crippen LogP contribution in [-0.2, 0) is 11.3 Å². The minimum Gasteiger partial charge on any atom is -0.334 e. The van der Waals surface area contributed by atoms with Crippen LogP contribution < -0.4 is 5.73 Å². The average Bonchev–Trinajstić information content (AvgIpc) is 2.45. The molecule has 4 nitrogen and oxygen atoms in total. The summed E-state index contributed by atoms with van der Waals surface area (Å²) in [6.45, 7) is 4.67. The first kappa shape index (κ1) is 15.0. The minimum absolute atomic E-state index is 0.0150. The molecule has 20 heavy (non-hydrogen) atoms. The van der Waals surface area contributed by atoms with E-state index in [1.54, 1.807) is 6.20 Å². The highest BCUT2D eigenvalue weighted by Crippen LogP contribution is 2.26. The highest BCUT2D eigenvalue weighted by Gasteiger charge is 2.32. The molecule has 0 aromatic carbocycles. The SMILES string of the molecule is CC(C)N(Cc1ccccn1)C(=O)C1CCCCC1N. The van der Waals surface area contributed by atoms with E-state index in [0.29, 0.717) is 6.54 Å². The molecule has 1 heterocycles. The lowest BCUT2D eigenvalue weighted by Gasteiger charge is -2.35. The van der Waals surface area contributed by atoms with E-state index in [1.807, 2.05) is 23.1 Å². The molecule has 0 saturated heterocycles. The van der Waals surface area contributed by atoms with Crippen LogP contribution in [0.15, 0.2) is 24.4 Å². The Morgan fingerprint density at radius 2 is 2.15 bits per heavy atom. The second-order valence-electron chi connectivity index (χ2n) is 5.94. The van der Waals surface area contributed by atoms with Gasteiger partial charge in [-0.1, -0.05) is 18.9 Å².